The monoisotopic (exact) mass is 341 g/mol. The van der Waals surface area contributed by atoms with Gasteiger partial charge in [-0.15, -0.1) is 6.58 Å². The van der Waals surface area contributed by atoms with Gasteiger partial charge in [0.2, 0.25) is 0 Å². The third kappa shape index (κ3) is 3.40. The molecule has 0 saturated heterocycles. The molecule has 21 heavy (non-hydrogen) atoms. The Morgan fingerprint density at radius 2 is 1.71 bits per heavy atom. The highest BCUT2D eigenvalue weighted by Crippen LogP contribution is 2.28. The van der Waals surface area contributed by atoms with Crippen molar-refractivity contribution in [2.45, 2.75) is 4.90 Å². The number of para-hydroxylation sites is 1. The van der Waals surface area contributed by atoms with E-state index in [1.54, 1.807) is 24.3 Å². The van der Waals surface area contributed by atoms with E-state index in [2.05, 4.69) is 6.58 Å². The second-order valence-electron chi connectivity index (χ2n) is 4.24. The Kier molecular flexibility index (Phi) is 4.93. The van der Waals surface area contributed by atoms with E-state index >= 15 is 0 Å². The molecule has 0 saturated carbocycles. The van der Waals surface area contributed by atoms with Gasteiger partial charge < -0.3 is 0 Å². The van der Waals surface area contributed by atoms with Crippen molar-refractivity contribution >= 4 is 38.9 Å². The Bertz CT molecular complexity index is 746. The number of anilines is 1. The van der Waals surface area contributed by atoms with Gasteiger partial charge in [0, 0.05) is 0 Å². The lowest BCUT2D eigenvalue weighted by Crippen LogP contribution is -2.31. The number of nitrogens with zero attached hydrogens (tertiary/aromatic N) is 1. The molecule has 0 bridgehead atoms. The highest BCUT2D eigenvalue weighted by molar-refractivity contribution is 7.92. The van der Waals surface area contributed by atoms with Gasteiger partial charge in [0.25, 0.3) is 10.0 Å². The number of halogens is 2. The summed E-state index contributed by atoms with van der Waals surface area (Å²) in [5.74, 6) is 0. The van der Waals surface area contributed by atoms with Crippen LogP contribution in [-0.2, 0) is 10.0 Å². The normalized spacial score (nSPS) is 11.1. The molecule has 0 aliphatic heterocycles. The average Bonchev–Trinajstić information content (AvgIpc) is 2.48. The summed E-state index contributed by atoms with van der Waals surface area (Å²) in [6, 6.07) is 13.1. The van der Waals surface area contributed by atoms with Crippen molar-refractivity contribution in [3.05, 3.63) is 71.2 Å². The molecule has 2 aromatic carbocycles. The van der Waals surface area contributed by atoms with Crippen LogP contribution in [0.2, 0.25) is 10.0 Å². The van der Waals surface area contributed by atoms with E-state index in [9.17, 15) is 8.42 Å². The van der Waals surface area contributed by atoms with Crippen LogP contribution in [0.1, 0.15) is 0 Å². The van der Waals surface area contributed by atoms with Gasteiger partial charge >= 0.3 is 0 Å². The molecule has 2 aromatic rings. The Labute approximate surface area is 134 Å². The zero-order chi connectivity index (χ0) is 15.5. The Balaban J connectivity index is 2.52. The van der Waals surface area contributed by atoms with Crippen LogP contribution in [0.15, 0.2) is 66.1 Å². The second kappa shape index (κ2) is 6.52. The molecule has 0 radical (unpaired) electrons. The quantitative estimate of drug-likeness (QED) is 0.757. The van der Waals surface area contributed by atoms with Gasteiger partial charge in [0.15, 0.2) is 0 Å². The molecule has 0 aliphatic carbocycles. The summed E-state index contributed by atoms with van der Waals surface area (Å²) in [5, 5.41) is 0.509. The van der Waals surface area contributed by atoms with Gasteiger partial charge in [0.05, 0.1) is 27.2 Å². The molecule has 6 heteroatoms. The molecule has 0 heterocycles. The molecule has 0 fully saturated rings. The lowest BCUT2D eigenvalue weighted by molar-refractivity contribution is 0.593. The van der Waals surface area contributed by atoms with Crippen LogP contribution in [0.5, 0.6) is 0 Å². The SMILES string of the molecule is C=CCN(c1ccccc1)S(=O)(=O)c1ccc(Cl)c(Cl)c1. The van der Waals surface area contributed by atoms with Crippen LogP contribution in [0.4, 0.5) is 5.69 Å². The smallest absolute Gasteiger partial charge is 0.263 e. The maximum Gasteiger partial charge on any atom is 0.264 e. The van der Waals surface area contributed by atoms with E-state index in [0.29, 0.717) is 10.7 Å². The lowest BCUT2D eigenvalue weighted by Gasteiger charge is -2.23. The van der Waals surface area contributed by atoms with Gasteiger partial charge in [-0.3, -0.25) is 4.31 Å². The Morgan fingerprint density at radius 3 is 2.29 bits per heavy atom. The molecule has 0 spiro atoms. The van der Waals surface area contributed by atoms with Gasteiger partial charge in [-0.2, -0.15) is 0 Å². The maximum atomic E-state index is 12.8. The number of hydrogen-bond acceptors (Lipinski definition) is 2. The fraction of sp³-hybridized carbons (Fsp3) is 0.0667. The zero-order valence-electron chi connectivity index (χ0n) is 11.0. The molecule has 3 nitrogen and oxygen atoms in total. The minimum Gasteiger partial charge on any atom is -0.263 e. The summed E-state index contributed by atoms with van der Waals surface area (Å²) in [4.78, 5) is 0.0857. The van der Waals surface area contributed by atoms with Crippen molar-refractivity contribution in [1.82, 2.24) is 0 Å². The molecule has 0 aliphatic rings. The van der Waals surface area contributed by atoms with Gasteiger partial charge in [-0.1, -0.05) is 47.5 Å². The molecular weight excluding hydrogens is 329 g/mol. The van der Waals surface area contributed by atoms with Crippen LogP contribution < -0.4 is 4.31 Å². The molecule has 0 unspecified atom stereocenters. The van der Waals surface area contributed by atoms with E-state index in [-0.39, 0.29) is 16.5 Å². The van der Waals surface area contributed by atoms with Crippen molar-refractivity contribution in [3.8, 4) is 0 Å². The summed E-state index contributed by atoms with van der Waals surface area (Å²) in [6.07, 6.45) is 1.53. The Morgan fingerprint density at radius 1 is 1.05 bits per heavy atom. The number of rotatable bonds is 5. The first-order valence-electron chi connectivity index (χ1n) is 6.10. The van der Waals surface area contributed by atoms with E-state index in [0.717, 1.165) is 0 Å². The van der Waals surface area contributed by atoms with Crippen molar-refractivity contribution in [3.63, 3.8) is 0 Å². The summed E-state index contributed by atoms with van der Waals surface area (Å²) < 4.78 is 26.8. The first-order valence-corrected chi connectivity index (χ1v) is 8.30. The molecule has 110 valence electrons. The molecule has 0 atom stereocenters. The van der Waals surface area contributed by atoms with Crippen LogP contribution in [-0.4, -0.2) is 15.0 Å². The van der Waals surface area contributed by atoms with Crippen molar-refractivity contribution in [1.29, 1.82) is 0 Å². The van der Waals surface area contributed by atoms with E-state index in [1.165, 1.54) is 28.6 Å². The van der Waals surface area contributed by atoms with Crippen molar-refractivity contribution < 1.29 is 8.42 Å². The van der Waals surface area contributed by atoms with E-state index < -0.39 is 10.0 Å². The van der Waals surface area contributed by atoms with E-state index in [4.69, 9.17) is 23.2 Å². The van der Waals surface area contributed by atoms with Gasteiger partial charge in [-0.25, -0.2) is 8.42 Å². The third-order valence-corrected chi connectivity index (χ3v) is 5.35. The topological polar surface area (TPSA) is 37.4 Å². The Hall–Kier alpha value is -1.49. The lowest BCUT2D eigenvalue weighted by atomic mass is 10.3. The number of benzene rings is 2. The standard InChI is InChI=1S/C15H13Cl2NO2S/c1-2-10-18(12-6-4-3-5-7-12)21(19,20)13-8-9-14(16)15(17)11-13/h2-9,11H,1,10H2. The average molecular weight is 342 g/mol. The molecule has 0 aromatic heterocycles. The first-order chi connectivity index (χ1) is 9.96. The van der Waals surface area contributed by atoms with Gasteiger partial charge in [-0.05, 0) is 30.3 Å². The zero-order valence-corrected chi connectivity index (χ0v) is 13.4. The van der Waals surface area contributed by atoms with Crippen LogP contribution in [0, 0.1) is 0 Å². The summed E-state index contributed by atoms with van der Waals surface area (Å²) >= 11 is 11.7. The van der Waals surface area contributed by atoms with Crippen LogP contribution in [0.25, 0.3) is 0 Å². The van der Waals surface area contributed by atoms with E-state index in [1.807, 2.05) is 6.07 Å². The second-order valence-corrected chi connectivity index (χ2v) is 6.91. The van der Waals surface area contributed by atoms with Gasteiger partial charge in [0.1, 0.15) is 0 Å². The van der Waals surface area contributed by atoms with Crippen LogP contribution >= 0.6 is 23.2 Å². The summed E-state index contributed by atoms with van der Waals surface area (Å²) in [5.41, 5.74) is 0.559. The highest BCUT2D eigenvalue weighted by Gasteiger charge is 2.24. The summed E-state index contributed by atoms with van der Waals surface area (Å²) in [7, 11) is -3.74. The fourth-order valence-corrected chi connectivity index (χ4v) is 3.64. The minimum absolute atomic E-state index is 0.0857. The fourth-order valence-electron chi connectivity index (χ4n) is 1.82. The van der Waals surface area contributed by atoms with Crippen molar-refractivity contribution in [2.75, 3.05) is 10.8 Å². The number of hydrogen-bond donors (Lipinski definition) is 0. The first kappa shape index (κ1) is 15.9. The predicted molar refractivity (Wildman–Crippen MR) is 87.6 cm³/mol. The summed E-state index contributed by atoms with van der Waals surface area (Å²) in [6.45, 7) is 3.77. The predicted octanol–water partition coefficient (Wildman–Crippen LogP) is 4.37. The largest absolute Gasteiger partial charge is 0.264 e. The minimum atomic E-state index is -3.74. The molecule has 2 rings (SSSR count). The molecular formula is C15H13Cl2NO2S. The highest BCUT2D eigenvalue weighted by atomic mass is 35.5. The number of sulfonamides is 1. The maximum absolute atomic E-state index is 12.8. The molecule has 0 N–H and O–H groups in total. The van der Waals surface area contributed by atoms with Crippen molar-refractivity contribution in [2.24, 2.45) is 0 Å². The third-order valence-electron chi connectivity index (χ3n) is 2.82. The molecule has 0 amide bonds. The van der Waals surface area contributed by atoms with Crippen LogP contribution in [0.3, 0.4) is 0 Å².